The van der Waals surface area contributed by atoms with Crippen LogP contribution in [0, 0.1) is 5.92 Å². The van der Waals surface area contributed by atoms with E-state index in [1.54, 1.807) is 12.3 Å². The summed E-state index contributed by atoms with van der Waals surface area (Å²) in [5.74, 6) is 0.640. The van der Waals surface area contributed by atoms with Crippen molar-refractivity contribution in [2.45, 2.75) is 30.6 Å². The summed E-state index contributed by atoms with van der Waals surface area (Å²) in [5, 5.41) is 5.51. The van der Waals surface area contributed by atoms with Crippen LogP contribution in [-0.2, 0) is 6.54 Å². The summed E-state index contributed by atoms with van der Waals surface area (Å²) in [6.45, 7) is 6.15. The van der Waals surface area contributed by atoms with Gasteiger partial charge in [-0.15, -0.1) is 0 Å². The molecule has 0 radical (unpaired) electrons. The van der Waals surface area contributed by atoms with Crippen LogP contribution in [-0.4, -0.2) is 21.5 Å². The highest BCUT2D eigenvalue weighted by molar-refractivity contribution is 7.99. The predicted molar refractivity (Wildman–Crippen MR) is 81.9 cm³/mol. The molecule has 0 spiro atoms. The van der Waals surface area contributed by atoms with E-state index in [1.165, 1.54) is 11.8 Å². The highest BCUT2D eigenvalue weighted by Gasteiger charge is 2.02. The molecule has 2 aromatic heterocycles. The van der Waals surface area contributed by atoms with Crippen molar-refractivity contribution in [3.8, 4) is 0 Å². The van der Waals surface area contributed by atoms with Gasteiger partial charge in [-0.3, -0.25) is 0 Å². The van der Waals surface area contributed by atoms with Crippen molar-refractivity contribution in [3.05, 3.63) is 41.3 Å². The maximum Gasteiger partial charge on any atom is 0.193 e. The molecule has 0 aliphatic carbocycles. The van der Waals surface area contributed by atoms with Crippen molar-refractivity contribution < 1.29 is 0 Å². The highest BCUT2D eigenvalue weighted by Crippen LogP contribution is 2.22. The van der Waals surface area contributed by atoms with Crippen molar-refractivity contribution in [1.29, 1.82) is 0 Å². The first-order chi connectivity index (χ1) is 9.63. The number of halogens is 1. The van der Waals surface area contributed by atoms with Gasteiger partial charge in [-0.2, -0.15) is 0 Å². The topological polar surface area (TPSA) is 50.7 Å². The van der Waals surface area contributed by atoms with Crippen LogP contribution in [0.3, 0.4) is 0 Å². The largest absolute Gasteiger partial charge is 0.312 e. The van der Waals surface area contributed by atoms with Gasteiger partial charge in [0.15, 0.2) is 5.16 Å². The molecule has 0 fully saturated rings. The first-order valence-electron chi connectivity index (χ1n) is 6.44. The Kier molecular flexibility index (Phi) is 5.76. The Hall–Kier alpha value is -1.17. The van der Waals surface area contributed by atoms with Crippen LogP contribution in [0.15, 0.2) is 40.9 Å². The second kappa shape index (κ2) is 7.57. The van der Waals surface area contributed by atoms with Crippen molar-refractivity contribution >= 4 is 23.4 Å². The zero-order chi connectivity index (χ0) is 14.4. The molecule has 106 valence electrons. The first kappa shape index (κ1) is 15.2. The molecule has 0 aromatic carbocycles. The molecule has 20 heavy (non-hydrogen) atoms. The van der Waals surface area contributed by atoms with Crippen LogP contribution in [0.5, 0.6) is 0 Å². The second-order valence-corrected chi connectivity index (χ2v) is 6.24. The maximum atomic E-state index is 5.80. The molecule has 4 nitrogen and oxygen atoms in total. The highest BCUT2D eigenvalue weighted by atomic mass is 35.5. The van der Waals surface area contributed by atoms with Gasteiger partial charge in [0.2, 0.25) is 0 Å². The molecule has 2 heterocycles. The molecule has 0 saturated carbocycles. The lowest BCUT2D eigenvalue weighted by Gasteiger charge is -2.07. The van der Waals surface area contributed by atoms with E-state index in [1.807, 2.05) is 18.5 Å². The molecule has 0 saturated heterocycles. The molecule has 0 atom stereocenters. The second-order valence-electron chi connectivity index (χ2n) is 4.82. The minimum absolute atomic E-state index is 0.627. The van der Waals surface area contributed by atoms with Crippen molar-refractivity contribution in [2.24, 2.45) is 5.92 Å². The third-order valence-electron chi connectivity index (χ3n) is 2.46. The van der Waals surface area contributed by atoms with Gasteiger partial charge in [-0.1, -0.05) is 25.4 Å². The van der Waals surface area contributed by atoms with E-state index < -0.39 is 0 Å². The van der Waals surface area contributed by atoms with E-state index in [0.717, 1.165) is 23.7 Å². The van der Waals surface area contributed by atoms with Gasteiger partial charge in [-0.25, -0.2) is 15.0 Å². The van der Waals surface area contributed by atoms with Gasteiger partial charge in [0.05, 0.1) is 5.02 Å². The Balaban J connectivity index is 1.89. The summed E-state index contributed by atoms with van der Waals surface area (Å²) in [6.07, 6.45) is 5.31. The fourth-order valence-corrected chi connectivity index (χ4v) is 2.26. The number of nitrogens with one attached hydrogen (secondary N) is 1. The standard InChI is InChI=1S/C14H17ClN4S/c1-10(2)5-16-6-11-7-18-14(19-8-11)20-13-4-3-12(15)9-17-13/h3-4,7-10,16H,5-6H2,1-2H3. The number of rotatable bonds is 6. The zero-order valence-corrected chi connectivity index (χ0v) is 13.1. The quantitative estimate of drug-likeness (QED) is 0.829. The summed E-state index contributed by atoms with van der Waals surface area (Å²) in [4.78, 5) is 12.9. The van der Waals surface area contributed by atoms with E-state index in [9.17, 15) is 0 Å². The minimum Gasteiger partial charge on any atom is -0.312 e. The lowest BCUT2D eigenvalue weighted by molar-refractivity contribution is 0.550. The number of pyridine rings is 1. The van der Waals surface area contributed by atoms with Gasteiger partial charge in [0, 0.05) is 30.7 Å². The first-order valence-corrected chi connectivity index (χ1v) is 7.64. The third kappa shape index (κ3) is 5.07. The minimum atomic E-state index is 0.627. The number of aromatic nitrogens is 3. The van der Waals surface area contributed by atoms with Crippen LogP contribution in [0.4, 0.5) is 0 Å². The van der Waals surface area contributed by atoms with Crippen LogP contribution in [0.2, 0.25) is 5.02 Å². The van der Waals surface area contributed by atoms with E-state index in [-0.39, 0.29) is 0 Å². The smallest absolute Gasteiger partial charge is 0.193 e. The summed E-state index contributed by atoms with van der Waals surface area (Å²) >= 11 is 7.22. The fourth-order valence-electron chi connectivity index (χ4n) is 1.51. The van der Waals surface area contributed by atoms with Crippen molar-refractivity contribution in [1.82, 2.24) is 20.3 Å². The molecular weight excluding hydrogens is 292 g/mol. The molecule has 1 N–H and O–H groups in total. The molecule has 6 heteroatoms. The lowest BCUT2D eigenvalue weighted by atomic mass is 10.2. The summed E-state index contributed by atoms with van der Waals surface area (Å²) in [7, 11) is 0. The van der Waals surface area contributed by atoms with E-state index in [0.29, 0.717) is 16.1 Å². The molecule has 0 amide bonds. The maximum absolute atomic E-state index is 5.80. The summed E-state index contributed by atoms with van der Waals surface area (Å²) in [5.41, 5.74) is 1.08. The van der Waals surface area contributed by atoms with Crippen LogP contribution >= 0.6 is 23.4 Å². The Morgan fingerprint density at radius 3 is 2.50 bits per heavy atom. The monoisotopic (exact) mass is 308 g/mol. The number of nitrogens with zero attached hydrogens (tertiary/aromatic N) is 3. The fraction of sp³-hybridized carbons (Fsp3) is 0.357. The Morgan fingerprint density at radius 1 is 1.15 bits per heavy atom. The molecular formula is C14H17ClN4S. The SMILES string of the molecule is CC(C)CNCc1cnc(Sc2ccc(Cl)cn2)nc1. The molecule has 0 unspecified atom stereocenters. The zero-order valence-electron chi connectivity index (χ0n) is 11.5. The number of hydrogen-bond donors (Lipinski definition) is 1. The van der Waals surface area contributed by atoms with E-state index in [4.69, 9.17) is 11.6 Å². The lowest BCUT2D eigenvalue weighted by Crippen LogP contribution is -2.19. The van der Waals surface area contributed by atoms with Gasteiger partial charge in [0.25, 0.3) is 0 Å². The van der Waals surface area contributed by atoms with Gasteiger partial charge in [0.1, 0.15) is 5.03 Å². The molecule has 2 rings (SSSR count). The van der Waals surface area contributed by atoms with Gasteiger partial charge in [-0.05, 0) is 36.4 Å². The van der Waals surface area contributed by atoms with E-state index >= 15 is 0 Å². The summed E-state index contributed by atoms with van der Waals surface area (Å²) < 4.78 is 0. The Morgan fingerprint density at radius 2 is 1.90 bits per heavy atom. The molecule has 2 aromatic rings. The number of hydrogen-bond acceptors (Lipinski definition) is 5. The molecule has 0 aliphatic heterocycles. The van der Waals surface area contributed by atoms with Crippen LogP contribution < -0.4 is 5.32 Å². The Bertz CT molecular complexity index is 528. The third-order valence-corrected chi connectivity index (χ3v) is 3.53. The predicted octanol–water partition coefficient (Wildman–Crippen LogP) is 3.42. The molecule has 0 aliphatic rings. The molecule has 0 bridgehead atoms. The van der Waals surface area contributed by atoms with Gasteiger partial charge < -0.3 is 5.32 Å². The Labute approximate surface area is 128 Å². The average molecular weight is 309 g/mol. The van der Waals surface area contributed by atoms with Crippen molar-refractivity contribution in [2.75, 3.05) is 6.54 Å². The average Bonchev–Trinajstić information content (AvgIpc) is 2.43. The van der Waals surface area contributed by atoms with Crippen molar-refractivity contribution in [3.63, 3.8) is 0 Å². The summed E-state index contributed by atoms with van der Waals surface area (Å²) in [6, 6.07) is 3.66. The van der Waals surface area contributed by atoms with E-state index in [2.05, 4.69) is 34.1 Å². The normalized spacial score (nSPS) is 11.0. The van der Waals surface area contributed by atoms with Gasteiger partial charge >= 0.3 is 0 Å². The van der Waals surface area contributed by atoms with Crippen LogP contribution in [0.25, 0.3) is 0 Å². The van der Waals surface area contributed by atoms with Crippen LogP contribution in [0.1, 0.15) is 19.4 Å².